The summed E-state index contributed by atoms with van der Waals surface area (Å²) in [6, 6.07) is 3.07. The quantitative estimate of drug-likeness (QED) is 0.731. The Morgan fingerprint density at radius 3 is 3.07 bits per heavy atom. The van der Waals surface area contributed by atoms with Crippen molar-refractivity contribution in [2.75, 3.05) is 6.54 Å². The van der Waals surface area contributed by atoms with Crippen LogP contribution in [0, 0.1) is 6.92 Å². The molecule has 1 aliphatic rings. The number of nitrogens with one attached hydrogen (secondary N) is 1. The third kappa shape index (κ3) is 3.28. The Bertz CT molecular complexity index is 310. The molecule has 1 nitrogen and oxygen atoms in total. The largest absolute Gasteiger partial charge is 0.314 e. The van der Waals surface area contributed by atoms with Crippen LogP contribution in [0.4, 0.5) is 0 Å². The molecular weight excluding hydrogens is 190 g/mol. The molecule has 1 aromatic rings. The third-order valence-corrected chi connectivity index (χ3v) is 3.26. The van der Waals surface area contributed by atoms with Crippen molar-refractivity contribution in [1.82, 2.24) is 5.32 Å². The summed E-state index contributed by atoms with van der Waals surface area (Å²) < 4.78 is 0. The van der Waals surface area contributed by atoms with Crippen LogP contribution in [0.1, 0.15) is 29.7 Å². The first-order valence-corrected chi connectivity index (χ1v) is 6.17. The van der Waals surface area contributed by atoms with Crippen molar-refractivity contribution < 1.29 is 0 Å². The van der Waals surface area contributed by atoms with E-state index in [4.69, 9.17) is 0 Å². The van der Waals surface area contributed by atoms with Crippen LogP contribution in [0.25, 0.3) is 6.08 Å². The molecule has 1 aliphatic carbocycles. The molecule has 76 valence electrons. The van der Waals surface area contributed by atoms with E-state index in [-0.39, 0.29) is 0 Å². The summed E-state index contributed by atoms with van der Waals surface area (Å²) in [4.78, 5) is 1.39. The predicted molar refractivity (Wildman–Crippen MR) is 63.7 cm³/mol. The highest BCUT2D eigenvalue weighted by atomic mass is 32.1. The van der Waals surface area contributed by atoms with Crippen LogP contribution in [0.3, 0.4) is 0 Å². The first-order chi connectivity index (χ1) is 6.84. The standard InChI is InChI=1S/C12H17NS/c1-10-8-11(9-14-10)4-2-3-7-13-12-5-6-12/h2,4,8-9,12-13H,3,5-7H2,1H3. The van der Waals surface area contributed by atoms with E-state index in [1.165, 1.54) is 23.3 Å². The Morgan fingerprint density at radius 2 is 2.43 bits per heavy atom. The molecule has 1 saturated carbocycles. The lowest BCUT2D eigenvalue weighted by molar-refractivity contribution is 0.691. The summed E-state index contributed by atoms with van der Waals surface area (Å²) >= 11 is 1.82. The van der Waals surface area contributed by atoms with E-state index in [2.05, 4.69) is 35.8 Å². The molecule has 0 saturated heterocycles. The van der Waals surface area contributed by atoms with Gasteiger partial charge in [0.15, 0.2) is 0 Å². The Kier molecular flexibility index (Phi) is 3.38. The highest BCUT2D eigenvalue weighted by Gasteiger charge is 2.19. The maximum atomic E-state index is 3.50. The van der Waals surface area contributed by atoms with Gasteiger partial charge in [-0.15, -0.1) is 11.3 Å². The van der Waals surface area contributed by atoms with Gasteiger partial charge in [0.25, 0.3) is 0 Å². The SMILES string of the molecule is Cc1cc(C=CCCNC2CC2)cs1. The average molecular weight is 207 g/mol. The molecule has 0 aliphatic heterocycles. The Morgan fingerprint density at radius 1 is 1.57 bits per heavy atom. The molecule has 1 heterocycles. The Hall–Kier alpha value is -0.600. The van der Waals surface area contributed by atoms with E-state index in [1.54, 1.807) is 0 Å². The van der Waals surface area contributed by atoms with Crippen LogP contribution in [0.5, 0.6) is 0 Å². The van der Waals surface area contributed by atoms with Crippen LogP contribution in [0.15, 0.2) is 17.5 Å². The molecule has 14 heavy (non-hydrogen) atoms. The monoisotopic (exact) mass is 207 g/mol. The molecule has 1 aromatic heterocycles. The predicted octanol–water partition coefficient (Wildman–Crippen LogP) is 3.21. The molecular formula is C12H17NS. The lowest BCUT2D eigenvalue weighted by Crippen LogP contribution is -2.16. The highest BCUT2D eigenvalue weighted by molar-refractivity contribution is 7.10. The van der Waals surface area contributed by atoms with E-state index in [0.29, 0.717) is 0 Å². The normalized spacial score (nSPS) is 16.6. The summed E-state index contributed by atoms with van der Waals surface area (Å²) in [5.41, 5.74) is 1.35. The maximum Gasteiger partial charge on any atom is 0.00683 e. The van der Waals surface area contributed by atoms with E-state index in [0.717, 1.165) is 19.0 Å². The second-order valence-corrected chi connectivity index (χ2v) is 5.03. The summed E-state index contributed by atoms with van der Waals surface area (Å²) in [6.45, 7) is 3.28. The van der Waals surface area contributed by atoms with Crippen LogP contribution in [-0.4, -0.2) is 12.6 Å². The number of aryl methyl sites for hydroxylation is 1. The fraction of sp³-hybridized carbons (Fsp3) is 0.500. The average Bonchev–Trinajstić information content (AvgIpc) is 2.89. The molecule has 0 spiro atoms. The lowest BCUT2D eigenvalue weighted by atomic mass is 10.2. The smallest absolute Gasteiger partial charge is 0.00683 e. The molecule has 1 fully saturated rings. The topological polar surface area (TPSA) is 12.0 Å². The summed E-state index contributed by atoms with van der Waals surface area (Å²) in [6.07, 6.45) is 8.39. The lowest BCUT2D eigenvalue weighted by Gasteiger charge is -1.96. The van der Waals surface area contributed by atoms with E-state index >= 15 is 0 Å². The molecule has 0 radical (unpaired) electrons. The number of thiophene rings is 1. The van der Waals surface area contributed by atoms with E-state index < -0.39 is 0 Å². The third-order valence-electron chi connectivity index (χ3n) is 2.38. The molecule has 0 aromatic carbocycles. The number of hydrogen-bond donors (Lipinski definition) is 1. The van der Waals surface area contributed by atoms with Crippen molar-refractivity contribution in [3.05, 3.63) is 28.0 Å². The summed E-state index contributed by atoms with van der Waals surface area (Å²) in [5.74, 6) is 0. The zero-order valence-electron chi connectivity index (χ0n) is 8.62. The second kappa shape index (κ2) is 4.76. The van der Waals surface area contributed by atoms with Gasteiger partial charge in [0.1, 0.15) is 0 Å². The molecule has 0 bridgehead atoms. The number of hydrogen-bond acceptors (Lipinski definition) is 2. The molecule has 0 atom stereocenters. The van der Waals surface area contributed by atoms with Crippen molar-refractivity contribution in [2.24, 2.45) is 0 Å². The maximum absolute atomic E-state index is 3.50. The molecule has 0 amide bonds. The summed E-state index contributed by atoms with van der Waals surface area (Å²) in [5, 5.41) is 5.71. The van der Waals surface area contributed by atoms with Crippen LogP contribution in [-0.2, 0) is 0 Å². The first kappa shape index (κ1) is 9.94. The zero-order chi connectivity index (χ0) is 9.80. The van der Waals surface area contributed by atoms with Gasteiger partial charge in [-0.25, -0.2) is 0 Å². The van der Waals surface area contributed by atoms with Crippen molar-refractivity contribution in [3.63, 3.8) is 0 Å². The van der Waals surface area contributed by atoms with Gasteiger partial charge in [0.2, 0.25) is 0 Å². The van der Waals surface area contributed by atoms with Crippen molar-refractivity contribution in [3.8, 4) is 0 Å². The zero-order valence-corrected chi connectivity index (χ0v) is 9.44. The van der Waals surface area contributed by atoms with Gasteiger partial charge in [0.05, 0.1) is 0 Å². The minimum atomic E-state index is 0.840. The van der Waals surface area contributed by atoms with Crippen molar-refractivity contribution in [1.29, 1.82) is 0 Å². The van der Waals surface area contributed by atoms with Crippen LogP contribution in [0.2, 0.25) is 0 Å². The van der Waals surface area contributed by atoms with Gasteiger partial charge in [-0.3, -0.25) is 0 Å². The fourth-order valence-electron chi connectivity index (χ4n) is 1.43. The molecule has 1 N–H and O–H groups in total. The van der Waals surface area contributed by atoms with Gasteiger partial charge >= 0.3 is 0 Å². The van der Waals surface area contributed by atoms with Gasteiger partial charge in [-0.05, 0) is 49.7 Å². The van der Waals surface area contributed by atoms with Crippen molar-refractivity contribution >= 4 is 17.4 Å². The molecule has 0 unspecified atom stereocenters. The Labute approximate surface area is 89.8 Å². The van der Waals surface area contributed by atoms with Crippen LogP contribution < -0.4 is 5.32 Å². The molecule has 2 rings (SSSR count). The summed E-state index contributed by atoms with van der Waals surface area (Å²) in [7, 11) is 0. The fourth-order valence-corrected chi connectivity index (χ4v) is 2.10. The van der Waals surface area contributed by atoms with E-state index in [1.807, 2.05) is 11.3 Å². The van der Waals surface area contributed by atoms with Crippen molar-refractivity contribution in [2.45, 2.75) is 32.2 Å². The minimum Gasteiger partial charge on any atom is -0.314 e. The highest BCUT2D eigenvalue weighted by Crippen LogP contribution is 2.18. The van der Waals surface area contributed by atoms with Gasteiger partial charge < -0.3 is 5.32 Å². The number of rotatable bonds is 5. The van der Waals surface area contributed by atoms with E-state index in [9.17, 15) is 0 Å². The second-order valence-electron chi connectivity index (χ2n) is 3.91. The van der Waals surface area contributed by atoms with Gasteiger partial charge in [-0.2, -0.15) is 0 Å². The van der Waals surface area contributed by atoms with Gasteiger partial charge in [-0.1, -0.05) is 12.2 Å². The molecule has 2 heteroatoms. The first-order valence-electron chi connectivity index (χ1n) is 5.29. The van der Waals surface area contributed by atoms with Gasteiger partial charge in [0, 0.05) is 10.9 Å². The minimum absolute atomic E-state index is 0.840. The van der Waals surface area contributed by atoms with Crippen LogP contribution >= 0.6 is 11.3 Å². The Balaban J connectivity index is 1.65.